The van der Waals surface area contributed by atoms with Crippen LogP contribution in [0.5, 0.6) is 5.75 Å². The molecular weight excluding hydrogens is 390 g/mol. The van der Waals surface area contributed by atoms with E-state index in [9.17, 15) is 13.2 Å². The quantitative estimate of drug-likeness (QED) is 0.562. The summed E-state index contributed by atoms with van der Waals surface area (Å²) >= 11 is 6.07. The first-order chi connectivity index (χ1) is 12.7. The molecule has 1 amide bonds. The highest BCUT2D eigenvalue weighted by Crippen LogP contribution is 2.27. The maximum Gasteiger partial charge on any atom is 0.260 e. The average molecular weight is 410 g/mol. The Bertz CT molecular complexity index is 961. The van der Waals surface area contributed by atoms with Gasteiger partial charge in [-0.1, -0.05) is 29.8 Å². The molecular formula is C18H20ClN3O4S. The van der Waals surface area contributed by atoms with E-state index < -0.39 is 22.5 Å². The molecule has 144 valence electrons. The molecule has 0 spiro atoms. The maximum absolute atomic E-state index is 12.2. The lowest BCUT2D eigenvalue weighted by atomic mass is 10.2. The van der Waals surface area contributed by atoms with Gasteiger partial charge >= 0.3 is 0 Å². The largest absolute Gasteiger partial charge is 0.496 e. The molecule has 0 unspecified atom stereocenters. The molecule has 1 N–H and O–H groups in total. The Morgan fingerprint density at radius 3 is 2.63 bits per heavy atom. The summed E-state index contributed by atoms with van der Waals surface area (Å²) in [5.74, 6) is 0.00811. The lowest BCUT2D eigenvalue weighted by Gasteiger charge is -2.23. The van der Waals surface area contributed by atoms with Crippen molar-refractivity contribution in [1.82, 2.24) is 5.43 Å². The van der Waals surface area contributed by atoms with Crippen molar-refractivity contribution in [3.8, 4) is 5.75 Å². The number of benzene rings is 2. The third-order valence-corrected chi connectivity index (χ3v) is 5.26. The minimum absolute atomic E-state index is 0.342. The van der Waals surface area contributed by atoms with Crippen LogP contribution in [0.25, 0.3) is 0 Å². The molecule has 0 bridgehead atoms. The topological polar surface area (TPSA) is 88.1 Å². The van der Waals surface area contributed by atoms with Gasteiger partial charge in [0.15, 0.2) is 0 Å². The van der Waals surface area contributed by atoms with Crippen molar-refractivity contribution in [2.75, 3.05) is 24.2 Å². The van der Waals surface area contributed by atoms with Crippen LogP contribution < -0.4 is 14.5 Å². The average Bonchev–Trinajstić information content (AvgIpc) is 2.62. The van der Waals surface area contributed by atoms with Crippen molar-refractivity contribution in [3.05, 3.63) is 58.6 Å². The number of para-hydroxylation sites is 1. The van der Waals surface area contributed by atoms with E-state index in [-0.39, 0.29) is 0 Å². The van der Waals surface area contributed by atoms with Crippen molar-refractivity contribution in [2.24, 2.45) is 5.10 Å². The first-order valence-corrected chi connectivity index (χ1v) is 10.1. The van der Waals surface area contributed by atoms with Gasteiger partial charge in [0.25, 0.3) is 5.91 Å². The van der Waals surface area contributed by atoms with Crippen LogP contribution in [-0.4, -0.2) is 40.4 Å². The van der Waals surface area contributed by atoms with Crippen molar-refractivity contribution < 1.29 is 17.9 Å². The van der Waals surface area contributed by atoms with Crippen LogP contribution in [0.1, 0.15) is 11.1 Å². The van der Waals surface area contributed by atoms with Crippen LogP contribution in [0.4, 0.5) is 5.69 Å². The SMILES string of the molecule is COc1ccccc1/C=N\NC(=O)CN(c1cccc(Cl)c1C)S(C)(=O)=O. The van der Waals surface area contributed by atoms with Gasteiger partial charge in [0.2, 0.25) is 10.0 Å². The van der Waals surface area contributed by atoms with Gasteiger partial charge < -0.3 is 4.74 Å². The molecule has 2 aromatic rings. The number of rotatable bonds is 7. The third kappa shape index (κ3) is 5.45. The molecule has 0 aliphatic heterocycles. The van der Waals surface area contributed by atoms with Crippen LogP contribution in [0.2, 0.25) is 5.02 Å². The number of anilines is 1. The van der Waals surface area contributed by atoms with Crippen LogP contribution in [-0.2, 0) is 14.8 Å². The Balaban J connectivity index is 2.15. The lowest BCUT2D eigenvalue weighted by Crippen LogP contribution is -2.39. The third-order valence-electron chi connectivity index (χ3n) is 3.73. The Morgan fingerprint density at radius 2 is 1.96 bits per heavy atom. The molecule has 0 aromatic heterocycles. The second kappa shape index (κ2) is 8.88. The summed E-state index contributed by atoms with van der Waals surface area (Å²) in [4.78, 5) is 12.2. The number of sulfonamides is 1. The number of hydrogen-bond acceptors (Lipinski definition) is 5. The van der Waals surface area contributed by atoms with E-state index in [1.165, 1.54) is 13.3 Å². The van der Waals surface area contributed by atoms with Gasteiger partial charge in [-0.15, -0.1) is 0 Å². The van der Waals surface area contributed by atoms with Gasteiger partial charge in [0, 0.05) is 10.6 Å². The summed E-state index contributed by atoms with van der Waals surface area (Å²) in [5, 5.41) is 4.28. The normalized spacial score (nSPS) is 11.4. The highest BCUT2D eigenvalue weighted by Gasteiger charge is 2.22. The van der Waals surface area contributed by atoms with E-state index in [1.807, 2.05) is 6.07 Å². The van der Waals surface area contributed by atoms with Crippen LogP contribution >= 0.6 is 11.6 Å². The summed E-state index contributed by atoms with van der Waals surface area (Å²) in [5.41, 5.74) is 3.90. The Hall–Kier alpha value is -2.58. The lowest BCUT2D eigenvalue weighted by molar-refractivity contribution is -0.119. The van der Waals surface area contributed by atoms with Crippen molar-refractivity contribution >= 4 is 39.4 Å². The number of carbonyl (C=O) groups is 1. The first kappa shape index (κ1) is 20.7. The number of nitrogens with one attached hydrogen (secondary N) is 1. The second-order valence-corrected chi connectivity index (χ2v) is 8.00. The van der Waals surface area contributed by atoms with E-state index in [2.05, 4.69) is 10.5 Å². The fourth-order valence-corrected chi connectivity index (χ4v) is 3.44. The maximum atomic E-state index is 12.2. The number of hydrazone groups is 1. The minimum atomic E-state index is -3.70. The number of ether oxygens (including phenoxy) is 1. The van der Waals surface area contributed by atoms with Gasteiger partial charge in [-0.3, -0.25) is 9.10 Å². The molecule has 0 radical (unpaired) electrons. The highest BCUT2D eigenvalue weighted by atomic mass is 35.5. The van der Waals surface area contributed by atoms with Gasteiger partial charge in [-0.25, -0.2) is 13.8 Å². The summed E-state index contributed by atoms with van der Waals surface area (Å²) in [6, 6.07) is 12.0. The number of carbonyl (C=O) groups excluding carboxylic acids is 1. The minimum Gasteiger partial charge on any atom is -0.496 e. The number of nitrogens with zero attached hydrogens (tertiary/aromatic N) is 2. The van der Waals surface area contributed by atoms with E-state index in [0.717, 1.165) is 10.6 Å². The monoisotopic (exact) mass is 409 g/mol. The molecule has 7 nitrogen and oxygen atoms in total. The predicted octanol–water partition coefficient (Wildman–Crippen LogP) is 2.57. The molecule has 0 atom stereocenters. The molecule has 0 aliphatic carbocycles. The molecule has 0 saturated carbocycles. The van der Waals surface area contributed by atoms with Gasteiger partial charge in [-0.2, -0.15) is 5.10 Å². The summed E-state index contributed by atoms with van der Waals surface area (Å²) in [6.45, 7) is 1.26. The van der Waals surface area contributed by atoms with E-state index in [4.69, 9.17) is 16.3 Å². The van der Waals surface area contributed by atoms with Crippen molar-refractivity contribution in [2.45, 2.75) is 6.92 Å². The number of amides is 1. The number of halogens is 1. The molecule has 2 aromatic carbocycles. The van der Waals surface area contributed by atoms with Crippen LogP contribution in [0.3, 0.4) is 0 Å². The fraction of sp³-hybridized carbons (Fsp3) is 0.222. The highest BCUT2D eigenvalue weighted by molar-refractivity contribution is 7.92. The van der Waals surface area contributed by atoms with Crippen LogP contribution in [0, 0.1) is 6.92 Å². The van der Waals surface area contributed by atoms with E-state index in [0.29, 0.717) is 27.6 Å². The summed E-state index contributed by atoms with van der Waals surface area (Å²) < 4.78 is 30.5. The van der Waals surface area contributed by atoms with Gasteiger partial charge in [0.05, 0.1) is 25.3 Å². The van der Waals surface area contributed by atoms with E-state index in [1.54, 1.807) is 43.3 Å². The Morgan fingerprint density at radius 1 is 1.26 bits per heavy atom. The van der Waals surface area contributed by atoms with Crippen molar-refractivity contribution in [1.29, 1.82) is 0 Å². The number of methoxy groups -OCH3 is 1. The molecule has 27 heavy (non-hydrogen) atoms. The van der Waals surface area contributed by atoms with Gasteiger partial charge in [0.1, 0.15) is 12.3 Å². The summed E-state index contributed by atoms with van der Waals surface area (Å²) in [6.07, 6.45) is 2.45. The fourth-order valence-electron chi connectivity index (χ4n) is 2.36. The van der Waals surface area contributed by atoms with E-state index >= 15 is 0 Å². The van der Waals surface area contributed by atoms with Gasteiger partial charge in [-0.05, 0) is 36.8 Å². The molecule has 2 rings (SSSR count). The Labute approximate surface area is 163 Å². The smallest absolute Gasteiger partial charge is 0.260 e. The second-order valence-electron chi connectivity index (χ2n) is 5.69. The van der Waals surface area contributed by atoms with Crippen LogP contribution in [0.15, 0.2) is 47.6 Å². The number of hydrogen-bond donors (Lipinski definition) is 1. The van der Waals surface area contributed by atoms with Crippen molar-refractivity contribution in [3.63, 3.8) is 0 Å². The zero-order valence-electron chi connectivity index (χ0n) is 15.1. The molecule has 0 saturated heterocycles. The molecule has 9 heteroatoms. The zero-order valence-corrected chi connectivity index (χ0v) is 16.7. The standard InChI is InChI=1S/C18H20ClN3O4S/c1-13-15(19)8-6-9-16(13)22(27(3,24)25)12-18(23)21-20-11-14-7-4-5-10-17(14)26-2/h4-11H,12H2,1-3H3,(H,21,23)/b20-11-. The predicted molar refractivity (Wildman–Crippen MR) is 107 cm³/mol. The first-order valence-electron chi connectivity index (χ1n) is 7.91. The Kier molecular flexibility index (Phi) is 6.81. The zero-order chi connectivity index (χ0) is 20.0. The summed E-state index contributed by atoms with van der Waals surface area (Å²) in [7, 11) is -2.17. The molecule has 0 aliphatic rings. The molecule has 0 heterocycles. The molecule has 0 fully saturated rings.